The molecule has 0 atom stereocenters. The Balaban J connectivity index is 3.08. The number of halogens is 2. The highest BCUT2D eigenvalue weighted by Crippen LogP contribution is 2.31. The summed E-state index contributed by atoms with van der Waals surface area (Å²) in [5, 5.41) is 0. The molecule has 1 N–H and O–H groups in total. The van der Waals surface area contributed by atoms with Gasteiger partial charge in [0.05, 0.1) is 4.34 Å². The summed E-state index contributed by atoms with van der Waals surface area (Å²) in [6.45, 7) is 5.62. The van der Waals surface area contributed by atoms with E-state index < -0.39 is 15.6 Å². The van der Waals surface area contributed by atoms with Crippen molar-refractivity contribution in [2.24, 2.45) is 0 Å². The number of hydrogen-bond acceptors (Lipinski definition) is 3. The van der Waals surface area contributed by atoms with Crippen LogP contribution >= 0.6 is 34.5 Å². The molecule has 0 amide bonds. The van der Waals surface area contributed by atoms with E-state index in [2.05, 4.69) is 4.72 Å². The van der Waals surface area contributed by atoms with Gasteiger partial charge in [-0.15, -0.1) is 22.9 Å². The van der Waals surface area contributed by atoms with E-state index in [4.69, 9.17) is 23.2 Å². The second kappa shape index (κ2) is 6.09. The molecule has 0 saturated heterocycles. The Bertz CT molecular complexity index is 479. The van der Waals surface area contributed by atoms with Crippen LogP contribution in [0.5, 0.6) is 0 Å². The molecule has 104 valence electrons. The van der Waals surface area contributed by atoms with Crippen molar-refractivity contribution in [3.63, 3.8) is 0 Å². The maximum atomic E-state index is 12.3. The fraction of sp³-hybridized carbons (Fsp3) is 0.636. The molecule has 0 bridgehead atoms. The zero-order valence-corrected chi connectivity index (χ0v) is 13.7. The van der Waals surface area contributed by atoms with Crippen LogP contribution in [0, 0.1) is 6.92 Å². The van der Waals surface area contributed by atoms with E-state index in [0.717, 1.165) is 16.9 Å². The maximum Gasteiger partial charge on any atom is 0.250 e. The molecule has 7 heteroatoms. The lowest BCUT2D eigenvalue weighted by atomic mass is 9.97. The van der Waals surface area contributed by atoms with Crippen LogP contribution in [-0.4, -0.2) is 19.8 Å². The summed E-state index contributed by atoms with van der Waals surface area (Å²) in [7, 11) is -3.56. The second-order valence-corrected chi connectivity index (χ2v) is 8.08. The fourth-order valence-corrected chi connectivity index (χ4v) is 5.28. The van der Waals surface area contributed by atoms with Crippen molar-refractivity contribution in [2.75, 3.05) is 5.88 Å². The Kier molecular flexibility index (Phi) is 5.50. The number of alkyl halides is 1. The first-order valence-corrected chi connectivity index (χ1v) is 8.87. The minimum atomic E-state index is -3.56. The average molecular weight is 330 g/mol. The normalized spacial score (nSPS) is 12.9. The number of aryl methyl sites for hydroxylation is 1. The zero-order chi connectivity index (χ0) is 14.0. The first kappa shape index (κ1) is 16.2. The van der Waals surface area contributed by atoms with Crippen LogP contribution in [0.2, 0.25) is 4.34 Å². The molecule has 3 nitrogen and oxygen atoms in total. The first-order chi connectivity index (χ1) is 8.30. The van der Waals surface area contributed by atoms with E-state index in [9.17, 15) is 8.42 Å². The van der Waals surface area contributed by atoms with Crippen molar-refractivity contribution in [1.82, 2.24) is 4.72 Å². The third-order valence-corrected chi connectivity index (χ3v) is 7.18. The van der Waals surface area contributed by atoms with Crippen molar-refractivity contribution in [3.05, 3.63) is 16.0 Å². The molecule has 18 heavy (non-hydrogen) atoms. The van der Waals surface area contributed by atoms with Gasteiger partial charge in [0.1, 0.15) is 4.21 Å². The Morgan fingerprint density at radius 2 is 1.94 bits per heavy atom. The molecule has 0 spiro atoms. The number of sulfonamides is 1. The van der Waals surface area contributed by atoms with E-state index in [1.54, 1.807) is 13.0 Å². The SMILES string of the molecule is CCC(CC)(CCl)NS(=O)(=O)c1cc(C)c(Cl)s1. The van der Waals surface area contributed by atoms with Gasteiger partial charge in [0.2, 0.25) is 0 Å². The maximum absolute atomic E-state index is 12.3. The minimum Gasteiger partial charge on any atom is -0.206 e. The minimum absolute atomic E-state index is 0.237. The number of hydrogen-bond donors (Lipinski definition) is 1. The van der Waals surface area contributed by atoms with Crippen LogP contribution in [-0.2, 0) is 10.0 Å². The number of rotatable bonds is 6. The molecule has 1 aromatic rings. The van der Waals surface area contributed by atoms with E-state index in [-0.39, 0.29) is 10.1 Å². The third kappa shape index (κ3) is 3.39. The average Bonchev–Trinajstić information content (AvgIpc) is 2.68. The van der Waals surface area contributed by atoms with Crippen LogP contribution in [0.25, 0.3) is 0 Å². The first-order valence-electron chi connectivity index (χ1n) is 5.66. The molecule has 0 aliphatic rings. The summed E-state index contributed by atoms with van der Waals surface area (Å²) in [5.41, 5.74) is 0.177. The quantitative estimate of drug-likeness (QED) is 0.807. The predicted octanol–water partition coefficient (Wildman–Crippen LogP) is 3.79. The number of nitrogens with one attached hydrogen (secondary N) is 1. The molecule has 0 fully saturated rings. The third-order valence-electron chi connectivity index (χ3n) is 3.06. The van der Waals surface area contributed by atoms with Crippen LogP contribution in [0.15, 0.2) is 10.3 Å². The summed E-state index contributed by atoms with van der Waals surface area (Å²) >= 11 is 12.9. The highest BCUT2D eigenvalue weighted by molar-refractivity contribution is 7.91. The van der Waals surface area contributed by atoms with Crippen LogP contribution < -0.4 is 4.72 Å². The van der Waals surface area contributed by atoms with Gasteiger partial charge >= 0.3 is 0 Å². The van der Waals surface area contributed by atoms with Crippen LogP contribution in [0.4, 0.5) is 0 Å². The van der Waals surface area contributed by atoms with Gasteiger partial charge in [0.25, 0.3) is 10.0 Å². The van der Waals surface area contributed by atoms with E-state index in [1.807, 2.05) is 13.8 Å². The van der Waals surface area contributed by atoms with Crippen LogP contribution in [0.1, 0.15) is 32.3 Å². The lowest BCUT2D eigenvalue weighted by Gasteiger charge is -2.29. The van der Waals surface area contributed by atoms with E-state index in [0.29, 0.717) is 17.2 Å². The monoisotopic (exact) mass is 329 g/mol. The van der Waals surface area contributed by atoms with Crippen molar-refractivity contribution >= 4 is 44.6 Å². The van der Waals surface area contributed by atoms with Crippen LogP contribution in [0.3, 0.4) is 0 Å². The lowest BCUT2D eigenvalue weighted by molar-refractivity contribution is 0.394. The zero-order valence-electron chi connectivity index (χ0n) is 10.6. The summed E-state index contributed by atoms with van der Waals surface area (Å²) in [6.07, 6.45) is 1.29. The molecule has 1 aromatic heterocycles. The molecular weight excluding hydrogens is 313 g/mol. The lowest BCUT2D eigenvalue weighted by Crippen LogP contribution is -2.48. The van der Waals surface area contributed by atoms with Gasteiger partial charge in [-0.1, -0.05) is 25.4 Å². The largest absolute Gasteiger partial charge is 0.250 e. The Labute approximate surface area is 123 Å². The summed E-state index contributed by atoms with van der Waals surface area (Å²) in [5.74, 6) is 0.247. The Morgan fingerprint density at radius 1 is 1.39 bits per heavy atom. The van der Waals surface area contributed by atoms with Crippen molar-refractivity contribution in [3.8, 4) is 0 Å². The molecule has 0 aliphatic heterocycles. The molecule has 1 heterocycles. The molecule has 0 radical (unpaired) electrons. The Morgan fingerprint density at radius 3 is 2.28 bits per heavy atom. The van der Waals surface area contributed by atoms with Gasteiger partial charge < -0.3 is 0 Å². The van der Waals surface area contributed by atoms with Crippen molar-refractivity contribution in [2.45, 2.75) is 43.4 Å². The Hall–Kier alpha value is 0.190. The molecule has 0 saturated carbocycles. The standard InChI is InChI=1S/C11H17Cl2NO2S2/c1-4-11(5-2,7-12)14-18(15,16)9-6-8(3)10(13)17-9/h6,14H,4-5,7H2,1-3H3. The molecule has 0 aromatic carbocycles. The van der Waals surface area contributed by atoms with E-state index in [1.165, 1.54) is 0 Å². The van der Waals surface area contributed by atoms with Gasteiger partial charge in [-0.05, 0) is 31.4 Å². The highest BCUT2D eigenvalue weighted by Gasteiger charge is 2.32. The van der Waals surface area contributed by atoms with Crippen molar-refractivity contribution < 1.29 is 8.42 Å². The van der Waals surface area contributed by atoms with Gasteiger partial charge in [-0.3, -0.25) is 0 Å². The molecule has 0 unspecified atom stereocenters. The second-order valence-electron chi connectivity index (χ2n) is 4.25. The van der Waals surface area contributed by atoms with Gasteiger partial charge in [-0.25, -0.2) is 13.1 Å². The van der Waals surface area contributed by atoms with Gasteiger partial charge in [0, 0.05) is 11.4 Å². The van der Waals surface area contributed by atoms with Gasteiger partial charge in [-0.2, -0.15) is 0 Å². The highest BCUT2D eigenvalue weighted by atomic mass is 35.5. The topological polar surface area (TPSA) is 46.2 Å². The molecule has 0 aliphatic carbocycles. The predicted molar refractivity (Wildman–Crippen MR) is 78.4 cm³/mol. The van der Waals surface area contributed by atoms with E-state index >= 15 is 0 Å². The fourth-order valence-electron chi connectivity index (χ4n) is 1.51. The van der Waals surface area contributed by atoms with Gasteiger partial charge in [0.15, 0.2) is 0 Å². The summed E-state index contributed by atoms with van der Waals surface area (Å²) < 4.78 is 28.0. The molecule has 1 rings (SSSR count). The smallest absolute Gasteiger partial charge is 0.206 e. The summed E-state index contributed by atoms with van der Waals surface area (Å²) in [6, 6.07) is 1.58. The summed E-state index contributed by atoms with van der Waals surface area (Å²) in [4.78, 5) is 0. The molecular formula is C11H17Cl2NO2S2. The number of thiophene rings is 1. The van der Waals surface area contributed by atoms with Crippen molar-refractivity contribution in [1.29, 1.82) is 0 Å².